The molecule has 0 bridgehead atoms. The van der Waals surface area contributed by atoms with E-state index in [1.807, 2.05) is 6.07 Å². The number of carbonyl (C=O) groups excluding carboxylic acids is 2. The minimum atomic E-state index is -0.657. The summed E-state index contributed by atoms with van der Waals surface area (Å²) in [6, 6.07) is 14.1. The average Bonchev–Trinajstić information content (AvgIpc) is 2.66. The van der Waals surface area contributed by atoms with Crippen LogP contribution in [0.4, 0.5) is 10.5 Å². The molecule has 0 spiro atoms. The number of anilines is 1. The number of fused-ring (bicyclic) bond motifs is 1. The van der Waals surface area contributed by atoms with Gasteiger partial charge in [-0.15, -0.1) is 5.10 Å². The Labute approximate surface area is 154 Å². The fourth-order valence-electron chi connectivity index (χ4n) is 2.34. The standard InChI is InChI=1S/C19H17N3O5/c1-2-26-18(24)15-11-12-10-14(23)8-9-16(12)27-17(15)21-22-19(25)20-13-6-4-3-5-7-13/h3-11,23H,2H2,1H3,(H2,20,22,25)/b21-17+. The number of benzene rings is 2. The maximum atomic E-state index is 12.2. The molecule has 0 fully saturated rings. The number of phenolic OH excluding ortho intramolecular Hbond substituents is 1. The third-order valence-corrected chi connectivity index (χ3v) is 3.52. The Morgan fingerprint density at radius 1 is 1.15 bits per heavy atom. The van der Waals surface area contributed by atoms with Crippen molar-refractivity contribution in [3.63, 3.8) is 0 Å². The van der Waals surface area contributed by atoms with Crippen LogP contribution in [0.15, 0.2) is 64.1 Å². The highest BCUT2D eigenvalue weighted by Gasteiger charge is 2.14. The van der Waals surface area contributed by atoms with Gasteiger partial charge in [-0.05, 0) is 43.3 Å². The number of phenols is 1. The van der Waals surface area contributed by atoms with Gasteiger partial charge in [0.25, 0.3) is 5.55 Å². The van der Waals surface area contributed by atoms with E-state index < -0.39 is 12.0 Å². The molecule has 0 radical (unpaired) electrons. The number of ether oxygens (including phenoxy) is 1. The lowest BCUT2D eigenvalue weighted by molar-refractivity contribution is 0.0520. The van der Waals surface area contributed by atoms with E-state index in [-0.39, 0.29) is 23.5 Å². The smallest absolute Gasteiger partial charge is 0.343 e. The van der Waals surface area contributed by atoms with Crippen molar-refractivity contribution >= 4 is 28.7 Å². The summed E-state index contributed by atoms with van der Waals surface area (Å²) < 4.78 is 10.6. The number of para-hydroxylation sites is 1. The fraction of sp³-hybridized carbons (Fsp3) is 0.105. The minimum Gasteiger partial charge on any atom is -0.508 e. The first-order valence-corrected chi connectivity index (χ1v) is 8.16. The first-order chi connectivity index (χ1) is 13.1. The molecule has 0 aliphatic heterocycles. The predicted molar refractivity (Wildman–Crippen MR) is 98.0 cm³/mol. The summed E-state index contributed by atoms with van der Waals surface area (Å²) in [5, 5.41) is 16.6. The lowest BCUT2D eigenvalue weighted by atomic mass is 10.2. The van der Waals surface area contributed by atoms with Gasteiger partial charge in [0.1, 0.15) is 16.9 Å². The van der Waals surface area contributed by atoms with Crippen LogP contribution in [0.5, 0.6) is 5.75 Å². The summed E-state index contributed by atoms with van der Waals surface area (Å²) in [6.07, 6.45) is 0. The zero-order valence-corrected chi connectivity index (χ0v) is 14.4. The molecule has 1 heterocycles. The second-order valence-corrected chi connectivity index (χ2v) is 5.45. The third-order valence-electron chi connectivity index (χ3n) is 3.52. The van der Waals surface area contributed by atoms with Crippen LogP contribution >= 0.6 is 0 Å². The maximum absolute atomic E-state index is 12.2. The lowest BCUT2D eigenvalue weighted by Gasteiger charge is -2.06. The quantitative estimate of drug-likeness (QED) is 0.485. The number of urea groups is 1. The van der Waals surface area contributed by atoms with Crippen LogP contribution in [0.2, 0.25) is 0 Å². The van der Waals surface area contributed by atoms with Gasteiger partial charge in [-0.1, -0.05) is 18.2 Å². The molecule has 27 heavy (non-hydrogen) atoms. The van der Waals surface area contributed by atoms with E-state index in [4.69, 9.17) is 9.15 Å². The van der Waals surface area contributed by atoms with Crippen molar-refractivity contribution in [3.8, 4) is 5.75 Å². The van der Waals surface area contributed by atoms with Gasteiger partial charge in [-0.3, -0.25) is 0 Å². The Bertz CT molecular complexity index is 1040. The van der Waals surface area contributed by atoms with E-state index in [1.54, 1.807) is 31.2 Å². The van der Waals surface area contributed by atoms with E-state index >= 15 is 0 Å². The second kappa shape index (κ2) is 8.05. The molecule has 8 nitrogen and oxygen atoms in total. The average molecular weight is 367 g/mol. The first kappa shape index (κ1) is 18.0. The highest BCUT2D eigenvalue weighted by Crippen LogP contribution is 2.19. The van der Waals surface area contributed by atoms with Gasteiger partial charge in [0, 0.05) is 11.1 Å². The molecule has 2 aromatic carbocycles. The molecular formula is C19H17N3O5. The zero-order chi connectivity index (χ0) is 19.2. The lowest BCUT2D eigenvalue weighted by Crippen LogP contribution is -2.28. The van der Waals surface area contributed by atoms with Crippen LogP contribution < -0.4 is 16.3 Å². The SMILES string of the molecule is CCOC(=O)c1cc2cc(O)ccc2o/c1=N/NC(=O)Nc1ccccc1. The highest BCUT2D eigenvalue weighted by molar-refractivity contribution is 5.93. The summed E-state index contributed by atoms with van der Waals surface area (Å²) in [6.45, 7) is 1.84. The van der Waals surface area contributed by atoms with Gasteiger partial charge in [0.05, 0.1) is 6.61 Å². The molecule has 0 aliphatic carbocycles. The molecule has 0 saturated carbocycles. The summed E-state index contributed by atoms with van der Waals surface area (Å²) in [5.41, 5.74) is 3.16. The third kappa shape index (κ3) is 4.43. The van der Waals surface area contributed by atoms with Gasteiger partial charge < -0.3 is 19.6 Å². The monoisotopic (exact) mass is 367 g/mol. The van der Waals surface area contributed by atoms with E-state index in [9.17, 15) is 14.7 Å². The first-order valence-electron chi connectivity index (χ1n) is 8.16. The van der Waals surface area contributed by atoms with Crippen molar-refractivity contribution in [3.05, 3.63) is 65.7 Å². The Morgan fingerprint density at radius 2 is 1.93 bits per heavy atom. The van der Waals surface area contributed by atoms with E-state index in [2.05, 4.69) is 15.8 Å². The van der Waals surface area contributed by atoms with Crippen LogP contribution in [0.25, 0.3) is 11.0 Å². The van der Waals surface area contributed by atoms with Crippen LogP contribution in [-0.2, 0) is 4.74 Å². The van der Waals surface area contributed by atoms with Crippen LogP contribution in [-0.4, -0.2) is 23.7 Å². The molecule has 0 atom stereocenters. The number of rotatable bonds is 4. The fourth-order valence-corrected chi connectivity index (χ4v) is 2.34. The molecule has 3 rings (SSSR count). The summed E-state index contributed by atoms with van der Waals surface area (Å²) in [5.74, 6) is -0.631. The van der Waals surface area contributed by atoms with E-state index in [0.717, 1.165) is 0 Å². The number of nitrogens with one attached hydrogen (secondary N) is 2. The number of esters is 1. The summed E-state index contributed by atoms with van der Waals surface area (Å²) in [7, 11) is 0. The molecule has 1 aromatic heterocycles. The molecular weight excluding hydrogens is 350 g/mol. The van der Waals surface area contributed by atoms with Crippen molar-refractivity contribution in [2.45, 2.75) is 6.92 Å². The topological polar surface area (TPSA) is 113 Å². The highest BCUT2D eigenvalue weighted by atomic mass is 16.5. The predicted octanol–water partition coefficient (Wildman–Crippen LogP) is 2.95. The maximum Gasteiger partial charge on any atom is 0.343 e. The van der Waals surface area contributed by atoms with Crippen molar-refractivity contribution in [2.24, 2.45) is 5.10 Å². The number of amides is 2. The van der Waals surface area contributed by atoms with Crippen LogP contribution in [0, 0.1) is 0 Å². The summed E-state index contributed by atoms with van der Waals surface area (Å²) in [4.78, 5) is 24.2. The largest absolute Gasteiger partial charge is 0.508 e. The molecule has 0 unspecified atom stereocenters. The Morgan fingerprint density at radius 3 is 2.67 bits per heavy atom. The number of carbonyl (C=O) groups is 2. The minimum absolute atomic E-state index is 0.0231. The zero-order valence-electron chi connectivity index (χ0n) is 14.4. The van der Waals surface area contributed by atoms with Gasteiger partial charge >= 0.3 is 12.0 Å². The van der Waals surface area contributed by atoms with Gasteiger partial charge in [-0.2, -0.15) is 0 Å². The molecule has 2 amide bonds. The van der Waals surface area contributed by atoms with Gasteiger partial charge in [-0.25, -0.2) is 15.0 Å². The van der Waals surface area contributed by atoms with Crippen LogP contribution in [0.1, 0.15) is 17.3 Å². The van der Waals surface area contributed by atoms with E-state index in [0.29, 0.717) is 16.7 Å². The second-order valence-electron chi connectivity index (χ2n) is 5.45. The number of hydrogen-bond acceptors (Lipinski definition) is 6. The molecule has 3 aromatic rings. The Kier molecular flexibility index (Phi) is 5.36. The van der Waals surface area contributed by atoms with Gasteiger partial charge in [0.2, 0.25) is 0 Å². The molecule has 0 saturated heterocycles. The van der Waals surface area contributed by atoms with Crippen molar-refractivity contribution < 1.29 is 23.8 Å². The van der Waals surface area contributed by atoms with Crippen LogP contribution in [0.3, 0.4) is 0 Å². The molecule has 0 aliphatic rings. The Hall–Kier alpha value is -3.81. The van der Waals surface area contributed by atoms with Crippen molar-refractivity contribution in [1.29, 1.82) is 0 Å². The molecule has 8 heteroatoms. The van der Waals surface area contributed by atoms with Gasteiger partial charge in [0.15, 0.2) is 0 Å². The van der Waals surface area contributed by atoms with Crippen molar-refractivity contribution in [1.82, 2.24) is 5.43 Å². The number of nitrogens with zero attached hydrogens (tertiary/aromatic N) is 1. The molecule has 138 valence electrons. The normalized spacial score (nSPS) is 11.2. The van der Waals surface area contributed by atoms with E-state index in [1.165, 1.54) is 24.3 Å². The summed E-state index contributed by atoms with van der Waals surface area (Å²) >= 11 is 0. The van der Waals surface area contributed by atoms with Crippen molar-refractivity contribution in [2.75, 3.05) is 11.9 Å². The Balaban J connectivity index is 1.94. The molecule has 3 N–H and O–H groups in total. The number of aromatic hydroxyl groups is 1. The number of hydrogen-bond donors (Lipinski definition) is 3.